The minimum absolute atomic E-state index is 0.119. The summed E-state index contributed by atoms with van der Waals surface area (Å²) in [5.41, 5.74) is -0.220. The molecular formula is C12H22N2O3. The summed E-state index contributed by atoms with van der Waals surface area (Å²) >= 11 is 0. The van der Waals surface area contributed by atoms with Crippen molar-refractivity contribution in [3.8, 4) is 0 Å². The first-order chi connectivity index (χ1) is 8.00. The molecule has 5 heteroatoms. The molecule has 0 radical (unpaired) electrons. The van der Waals surface area contributed by atoms with Crippen molar-refractivity contribution in [3.63, 3.8) is 0 Å². The van der Waals surface area contributed by atoms with Crippen LogP contribution in [0.3, 0.4) is 0 Å². The molecule has 2 heterocycles. The topological polar surface area (TPSA) is 42.0 Å². The summed E-state index contributed by atoms with van der Waals surface area (Å²) in [5.74, 6) is 0. The van der Waals surface area contributed by atoms with Crippen LogP contribution in [0.4, 0.5) is 4.79 Å². The number of urea groups is 1. The molecule has 0 aromatic heterocycles. The van der Waals surface area contributed by atoms with Crippen LogP contribution < -0.4 is 0 Å². The molecule has 1 unspecified atom stereocenters. The Morgan fingerprint density at radius 1 is 1.29 bits per heavy atom. The standard InChI is InChI=1S/C12H22N2O3/c1-10-8-14(12(2,3)9-17-10)11(15)13-4-6-16-7-5-13/h10H,4-9H2,1-3H3. The average Bonchev–Trinajstić information content (AvgIpc) is 2.33. The Labute approximate surface area is 103 Å². The van der Waals surface area contributed by atoms with Gasteiger partial charge in [-0.1, -0.05) is 0 Å². The molecular weight excluding hydrogens is 220 g/mol. The van der Waals surface area contributed by atoms with E-state index in [9.17, 15) is 4.79 Å². The van der Waals surface area contributed by atoms with Crippen LogP contribution in [-0.2, 0) is 9.47 Å². The molecule has 2 aliphatic heterocycles. The highest BCUT2D eigenvalue weighted by Crippen LogP contribution is 2.23. The van der Waals surface area contributed by atoms with Gasteiger partial charge in [0.25, 0.3) is 0 Å². The number of rotatable bonds is 0. The molecule has 0 aromatic rings. The number of hydrogen-bond acceptors (Lipinski definition) is 3. The number of amides is 2. The van der Waals surface area contributed by atoms with Gasteiger partial charge in [0.15, 0.2) is 0 Å². The van der Waals surface area contributed by atoms with Crippen molar-refractivity contribution in [1.82, 2.24) is 9.80 Å². The second-order valence-corrected chi connectivity index (χ2v) is 5.43. The third-order valence-electron chi connectivity index (χ3n) is 3.40. The maximum Gasteiger partial charge on any atom is 0.320 e. The van der Waals surface area contributed by atoms with Crippen molar-refractivity contribution in [1.29, 1.82) is 0 Å². The van der Waals surface area contributed by atoms with Gasteiger partial charge in [-0.25, -0.2) is 4.79 Å². The summed E-state index contributed by atoms with van der Waals surface area (Å²) in [6.07, 6.45) is 0.119. The number of hydrogen-bond donors (Lipinski definition) is 0. The molecule has 5 nitrogen and oxygen atoms in total. The van der Waals surface area contributed by atoms with Crippen LogP contribution in [0.5, 0.6) is 0 Å². The smallest absolute Gasteiger partial charge is 0.320 e. The van der Waals surface area contributed by atoms with Crippen molar-refractivity contribution >= 4 is 6.03 Å². The molecule has 2 rings (SSSR count). The predicted molar refractivity (Wildman–Crippen MR) is 64.0 cm³/mol. The van der Waals surface area contributed by atoms with E-state index in [1.165, 1.54) is 0 Å². The second kappa shape index (κ2) is 4.82. The normalized spacial score (nSPS) is 29.2. The molecule has 0 aliphatic carbocycles. The Balaban J connectivity index is 2.05. The SMILES string of the molecule is CC1CN(C(=O)N2CCOCC2)C(C)(C)CO1. The molecule has 2 saturated heterocycles. The molecule has 0 saturated carbocycles. The Bertz CT molecular complexity index is 287. The molecule has 1 atom stereocenters. The molecule has 0 spiro atoms. The van der Waals surface area contributed by atoms with Gasteiger partial charge in [-0.3, -0.25) is 0 Å². The van der Waals surface area contributed by atoms with Crippen molar-refractivity contribution in [2.75, 3.05) is 39.5 Å². The monoisotopic (exact) mass is 242 g/mol. The van der Waals surface area contributed by atoms with E-state index >= 15 is 0 Å². The fourth-order valence-electron chi connectivity index (χ4n) is 2.24. The van der Waals surface area contributed by atoms with E-state index in [-0.39, 0.29) is 17.7 Å². The van der Waals surface area contributed by atoms with Crippen LogP contribution in [0, 0.1) is 0 Å². The van der Waals surface area contributed by atoms with Crippen LogP contribution in [0.2, 0.25) is 0 Å². The van der Waals surface area contributed by atoms with E-state index in [0.717, 1.165) is 0 Å². The van der Waals surface area contributed by atoms with Crippen molar-refractivity contribution in [2.45, 2.75) is 32.4 Å². The molecule has 2 fully saturated rings. The molecule has 2 aliphatic rings. The highest BCUT2D eigenvalue weighted by molar-refractivity contribution is 5.75. The van der Waals surface area contributed by atoms with Gasteiger partial charge in [0.05, 0.1) is 31.5 Å². The van der Waals surface area contributed by atoms with Gasteiger partial charge in [-0.05, 0) is 20.8 Å². The highest BCUT2D eigenvalue weighted by Gasteiger charge is 2.38. The number of carbonyl (C=O) groups is 1. The molecule has 17 heavy (non-hydrogen) atoms. The zero-order chi connectivity index (χ0) is 12.5. The van der Waals surface area contributed by atoms with Gasteiger partial charge in [0.1, 0.15) is 0 Å². The summed E-state index contributed by atoms with van der Waals surface area (Å²) < 4.78 is 10.9. The lowest BCUT2D eigenvalue weighted by molar-refractivity contribution is -0.0789. The number of ether oxygens (including phenoxy) is 2. The largest absolute Gasteiger partial charge is 0.378 e. The summed E-state index contributed by atoms with van der Waals surface area (Å²) in [6, 6.07) is 0.119. The van der Waals surface area contributed by atoms with E-state index in [0.29, 0.717) is 39.5 Å². The zero-order valence-electron chi connectivity index (χ0n) is 10.9. The van der Waals surface area contributed by atoms with Crippen molar-refractivity contribution in [3.05, 3.63) is 0 Å². The Hall–Kier alpha value is -0.810. The first-order valence-electron chi connectivity index (χ1n) is 6.26. The first-order valence-corrected chi connectivity index (χ1v) is 6.26. The van der Waals surface area contributed by atoms with Crippen molar-refractivity contribution < 1.29 is 14.3 Å². The Morgan fingerprint density at radius 3 is 2.59 bits per heavy atom. The van der Waals surface area contributed by atoms with E-state index in [1.54, 1.807) is 0 Å². The summed E-state index contributed by atoms with van der Waals surface area (Å²) in [7, 11) is 0. The van der Waals surface area contributed by atoms with E-state index < -0.39 is 0 Å². The van der Waals surface area contributed by atoms with Gasteiger partial charge in [-0.2, -0.15) is 0 Å². The zero-order valence-corrected chi connectivity index (χ0v) is 10.9. The van der Waals surface area contributed by atoms with Crippen LogP contribution in [0.25, 0.3) is 0 Å². The van der Waals surface area contributed by atoms with Gasteiger partial charge in [-0.15, -0.1) is 0 Å². The number of morpholine rings is 2. The van der Waals surface area contributed by atoms with E-state index in [4.69, 9.17) is 9.47 Å². The molecule has 98 valence electrons. The summed E-state index contributed by atoms with van der Waals surface area (Å²) in [5, 5.41) is 0. The average molecular weight is 242 g/mol. The van der Waals surface area contributed by atoms with Gasteiger partial charge in [0.2, 0.25) is 0 Å². The lowest BCUT2D eigenvalue weighted by Gasteiger charge is -2.46. The third-order valence-corrected chi connectivity index (χ3v) is 3.40. The molecule has 0 bridgehead atoms. The lowest BCUT2D eigenvalue weighted by Crippen LogP contribution is -2.61. The second-order valence-electron chi connectivity index (χ2n) is 5.43. The van der Waals surface area contributed by atoms with Crippen LogP contribution >= 0.6 is 0 Å². The Kier molecular flexibility index (Phi) is 3.58. The number of carbonyl (C=O) groups excluding carboxylic acids is 1. The fraction of sp³-hybridized carbons (Fsp3) is 0.917. The minimum Gasteiger partial charge on any atom is -0.378 e. The van der Waals surface area contributed by atoms with Gasteiger partial charge in [0, 0.05) is 19.6 Å². The van der Waals surface area contributed by atoms with E-state index in [1.807, 2.05) is 16.7 Å². The summed E-state index contributed by atoms with van der Waals surface area (Å²) in [4.78, 5) is 16.3. The quantitative estimate of drug-likeness (QED) is 0.635. The summed E-state index contributed by atoms with van der Waals surface area (Å²) in [6.45, 7) is 10.1. The predicted octanol–water partition coefficient (Wildman–Crippen LogP) is 0.938. The first kappa shape index (κ1) is 12.6. The molecule has 2 amide bonds. The van der Waals surface area contributed by atoms with Crippen LogP contribution in [-0.4, -0.2) is 66.9 Å². The van der Waals surface area contributed by atoms with Gasteiger partial charge < -0.3 is 19.3 Å². The minimum atomic E-state index is -0.220. The highest BCUT2D eigenvalue weighted by atomic mass is 16.5. The maximum atomic E-state index is 12.5. The van der Waals surface area contributed by atoms with Gasteiger partial charge >= 0.3 is 6.03 Å². The molecule has 0 aromatic carbocycles. The third kappa shape index (κ3) is 2.72. The molecule has 0 N–H and O–H groups in total. The van der Waals surface area contributed by atoms with Crippen molar-refractivity contribution in [2.24, 2.45) is 0 Å². The Morgan fingerprint density at radius 2 is 1.94 bits per heavy atom. The number of nitrogens with zero attached hydrogens (tertiary/aromatic N) is 2. The van der Waals surface area contributed by atoms with Crippen LogP contribution in [0.1, 0.15) is 20.8 Å². The van der Waals surface area contributed by atoms with E-state index in [2.05, 4.69) is 13.8 Å². The van der Waals surface area contributed by atoms with Crippen LogP contribution in [0.15, 0.2) is 0 Å². The lowest BCUT2D eigenvalue weighted by atomic mass is 10.0. The fourth-order valence-corrected chi connectivity index (χ4v) is 2.24. The maximum absolute atomic E-state index is 12.5.